The van der Waals surface area contributed by atoms with Crippen molar-refractivity contribution in [1.82, 2.24) is 15.1 Å². The largest absolute Gasteiger partial charge is 0.368 e. The lowest BCUT2D eigenvalue weighted by molar-refractivity contribution is -0.123. The van der Waals surface area contributed by atoms with Gasteiger partial charge in [-0.2, -0.15) is 5.10 Å². The molecular formula is C9H14N6O3. The summed E-state index contributed by atoms with van der Waals surface area (Å²) in [5.41, 5.74) is 10.5. The molecular weight excluding hydrogens is 240 g/mol. The van der Waals surface area contributed by atoms with Crippen LogP contribution >= 0.6 is 0 Å². The number of aromatic nitrogens is 2. The Morgan fingerprint density at radius 3 is 2.67 bits per heavy atom. The summed E-state index contributed by atoms with van der Waals surface area (Å²) in [6.45, 7) is -0.430. The van der Waals surface area contributed by atoms with Crippen molar-refractivity contribution in [2.75, 3.05) is 18.4 Å². The molecule has 0 aliphatic heterocycles. The van der Waals surface area contributed by atoms with Crippen molar-refractivity contribution < 1.29 is 14.4 Å². The normalized spacial score (nSPS) is 9.83. The zero-order valence-electron chi connectivity index (χ0n) is 9.55. The molecule has 0 saturated carbocycles. The average molecular weight is 254 g/mol. The maximum absolute atomic E-state index is 11.4. The predicted molar refractivity (Wildman–Crippen MR) is 62.1 cm³/mol. The molecule has 0 unspecified atom stereocenters. The third-order valence-electron chi connectivity index (χ3n) is 1.87. The van der Waals surface area contributed by atoms with E-state index in [0.29, 0.717) is 5.69 Å². The van der Waals surface area contributed by atoms with Crippen molar-refractivity contribution in [3.8, 4) is 0 Å². The van der Waals surface area contributed by atoms with E-state index in [1.54, 1.807) is 0 Å². The lowest BCUT2D eigenvalue weighted by Gasteiger charge is -2.03. The molecule has 6 N–H and O–H groups in total. The molecule has 98 valence electrons. The van der Waals surface area contributed by atoms with E-state index in [1.807, 2.05) is 0 Å². The third-order valence-corrected chi connectivity index (χ3v) is 1.87. The molecule has 0 saturated heterocycles. The minimum atomic E-state index is -0.536. The van der Waals surface area contributed by atoms with Gasteiger partial charge in [0, 0.05) is 6.20 Å². The first-order valence-electron chi connectivity index (χ1n) is 5.08. The minimum absolute atomic E-state index is 0.0697. The summed E-state index contributed by atoms with van der Waals surface area (Å²) in [4.78, 5) is 32.8. The van der Waals surface area contributed by atoms with Gasteiger partial charge in [-0.25, -0.2) is 0 Å². The van der Waals surface area contributed by atoms with Gasteiger partial charge in [-0.15, -0.1) is 0 Å². The summed E-state index contributed by atoms with van der Waals surface area (Å²) >= 11 is 0. The minimum Gasteiger partial charge on any atom is -0.368 e. The zero-order valence-corrected chi connectivity index (χ0v) is 9.55. The highest BCUT2D eigenvalue weighted by Gasteiger charge is 2.06. The van der Waals surface area contributed by atoms with Crippen LogP contribution in [0.1, 0.15) is 0 Å². The first kappa shape index (κ1) is 13.6. The Labute approximate surface area is 102 Å². The second kappa shape index (κ2) is 6.35. The van der Waals surface area contributed by atoms with Crippen LogP contribution in [0.4, 0.5) is 5.69 Å². The number of carbonyl (C=O) groups excluding carboxylic acids is 3. The van der Waals surface area contributed by atoms with Crippen molar-refractivity contribution in [3.63, 3.8) is 0 Å². The van der Waals surface area contributed by atoms with Crippen LogP contribution in [0.3, 0.4) is 0 Å². The number of anilines is 1. The maximum Gasteiger partial charge on any atom is 0.243 e. The molecule has 0 atom stereocenters. The fourth-order valence-corrected chi connectivity index (χ4v) is 1.13. The topological polar surface area (TPSA) is 145 Å². The second-order valence-corrected chi connectivity index (χ2v) is 3.42. The van der Waals surface area contributed by atoms with Gasteiger partial charge < -0.3 is 22.1 Å². The molecule has 3 amide bonds. The van der Waals surface area contributed by atoms with E-state index in [4.69, 9.17) is 11.5 Å². The second-order valence-electron chi connectivity index (χ2n) is 3.42. The molecule has 18 heavy (non-hydrogen) atoms. The lowest BCUT2D eigenvalue weighted by Crippen LogP contribution is -2.36. The van der Waals surface area contributed by atoms with Gasteiger partial charge in [0.15, 0.2) is 0 Å². The highest BCUT2D eigenvalue weighted by Crippen LogP contribution is 2.03. The number of hydrogen-bond acceptors (Lipinski definition) is 5. The van der Waals surface area contributed by atoms with Crippen LogP contribution in [0.2, 0.25) is 0 Å². The number of nitrogens with two attached hydrogens (primary N) is 2. The number of carbonyl (C=O) groups is 3. The van der Waals surface area contributed by atoms with Crippen molar-refractivity contribution in [2.24, 2.45) is 11.5 Å². The molecule has 0 bridgehead atoms. The molecule has 1 aromatic heterocycles. The molecule has 0 aliphatic carbocycles. The first-order valence-corrected chi connectivity index (χ1v) is 5.08. The van der Waals surface area contributed by atoms with Gasteiger partial charge in [0.25, 0.3) is 0 Å². The maximum atomic E-state index is 11.4. The van der Waals surface area contributed by atoms with E-state index in [9.17, 15) is 14.4 Å². The summed E-state index contributed by atoms with van der Waals surface area (Å²) in [5, 5.41) is 8.61. The van der Waals surface area contributed by atoms with Gasteiger partial charge in [0.05, 0.1) is 25.0 Å². The summed E-state index contributed by atoms with van der Waals surface area (Å²) in [7, 11) is 0. The molecule has 0 aromatic carbocycles. The van der Waals surface area contributed by atoms with E-state index in [0.717, 1.165) is 0 Å². The van der Waals surface area contributed by atoms with E-state index < -0.39 is 17.7 Å². The lowest BCUT2D eigenvalue weighted by atomic mass is 10.5. The zero-order chi connectivity index (χ0) is 13.5. The van der Waals surface area contributed by atoms with Crippen LogP contribution in [-0.2, 0) is 20.9 Å². The van der Waals surface area contributed by atoms with Crippen LogP contribution in [0.25, 0.3) is 0 Å². The molecule has 1 aromatic rings. The van der Waals surface area contributed by atoms with E-state index in [1.165, 1.54) is 17.1 Å². The fourth-order valence-electron chi connectivity index (χ4n) is 1.13. The monoisotopic (exact) mass is 254 g/mol. The molecule has 0 fully saturated rings. The van der Waals surface area contributed by atoms with Crippen LogP contribution < -0.4 is 22.1 Å². The van der Waals surface area contributed by atoms with Crippen molar-refractivity contribution in [2.45, 2.75) is 6.54 Å². The molecule has 9 nitrogen and oxygen atoms in total. The number of primary amides is 1. The third kappa shape index (κ3) is 4.61. The van der Waals surface area contributed by atoms with Gasteiger partial charge >= 0.3 is 0 Å². The van der Waals surface area contributed by atoms with Gasteiger partial charge in [0.2, 0.25) is 17.7 Å². The van der Waals surface area contributed by atoms with Gasteiger partial charge in [-0.1, -0.05) is 0 Å². The standard InChI is InChI=1S/C9H14N6O3/c10-1-8(17)12-3-9(18)14-6-2-13-15(4-6)5-7(11)16/h2,4H,1,3,5,10H2,(H2,11,16)(H,12,17)(H,14,18). The molecule has 0 spiro atoms. The highest BCUT2D eigenvalue weighted by atomic mass is 16.2. The number of hydrogen-bond donors (Lipinski definition) is 4. The summed E-state index contributed by atoms with van der Waals surface area (Å²) in [6.07, 6.45) is 2.82. The summed E-state index contributed by atoms with van der Waals surface area (Å²) in [5.74, 6) is -1.38. The molecule has 0 aliphatic rings. The highest BCUT2D eigenvalue weighted by molar-refractivity contribution is 5.94. The van der Waals surface area contributed by atoms with Crippen LogP contribution in [-0.4, -0.2) is 40.6 Å². The van der Waals surface area contributed by atoms with E-state index in [2.05, 4.69) is 15.7 Å². The van der Waals surface area contributed by atoms with E-state index >= 15 is 0 Å². The van der Waals surface area contributed by atoms with E-state index in [-0.39, 0.29) is 19.6 Å². The van der Waals surface area contributed by atoms with Gasteiger partial charge in [-0.3, -0.25) is 19.1 Å². The Hall–Kier alpha value is -2.42. The Morgan fingerprint density at radius 2 is 2.06 bits per heavy atom. The van der Waals surface area contributed by atoms with Crippen molar-refractivity contribution in [1.29, 1.82) is 0 Å². The SMILES string of the molecule is NCC(=O)NCC(=O)Nc1cnn(CC(N)=O)c1. The van der Waals surface area contributed by atoms with Crippen molar-refractivity contribution >= 4 is 23.4 Å². The number of nitrogens with zero attached hydrogens (tertiary/aromatic N) is 2. The quantitative estimate of drug-likeness (QED) is 0.439. The van der Waals surface area contributed by atoms with Crippen LogP contribution in [0.5, 0.6) is 0 Å². The predicted octanol–water partition coefficient (Wildman–Crippen LogP) is -2.62. The van der Waals surface area contributed by atoms with Crippen molar-refractivity contribution in [3.05, 3.63) is 12.4 Å². The fraction of sp³-hybridized carbons (Fsp3) is 0.333. The smallest absolute Gasteiger partial charge is 0.243 e. The van der Waals surface area contributed by atoms with Gasteiger partial charge in [-0.05, 0) is 0 Å². The van der Waals surface area contributed by atoms with Crippen LogP contribution in [0, 0.1) is 0 Å². The molecule has 0 radical (unpaired) electrons. The molecule has 1 rings (SSSR count). The van der Waals surface area contributed by atoms with Gasteiger partial charge in [0.1, 0.15) is 6.54 Å². The number of amides is 3. The Kier molecular flexibility index (Phi) is 4.81. The molecule has 1 heterocycles. The number of rotatable bonds is 6. The Bertz CT molecular complexity index is 455. The average Bonchev–Trinajstić information content (AvgIpc) is 2.72. The first-order chi connectivity index (χ1) is 8.51. The Balaban J connectivity index is 2.42. The summed E-state index contributed by atoms with van der Waals surface area (Å²) < 4.78 is 1.29. The Morgan fingerprint density at radius 1 is 1.33 bits per heavy atom. The molecule has 9 heteroatoms. The number of nitrogens with one attached hydrogen (secondary N) is 2. The summed E-state index contributed by atoms with van der Waals surface area (Å²) in [6, 6.07) is 0. The van der Waals surface area contributed by atoms with Crippen LogP contribution in [0.15, 0.2) is 12.4 Å².